The molecule has 606 valence electrons. The Bertz CT molecular complexity index is 4420. The molecular formula is C83H115GdN10O15S2+. The Hall–Kier alpha value is -6.90. The largest absolute Gasteiger partial charge is 0.480 e. The molecule has 2 amide bonds. The third-order valence-corrected chi connectivity index (χ3v) is 23.1. The molecule has 7 N–H and O–H groups in total. The molecule has 3 heterocycles. The van der Waals surface area contributed by atoms with Gasteiger partial charge in [-0.2, -0.15) is 21.4 Å². The summed E-state index contributed by atoms with van der Waals surface area (Å²) >= 11 is 0. The van der Waals surface area contributed by atoms with Gasteiger partial charge in [0.2, 0.25) is 17.5 Å². The predicted molar refractivity (Wildman–Crippen MR) is 432 cm³/mol. The summed E-state index contributed by atoms with van der Waals surface area (Å²) in [6, 6.07) is 33.3. The van der Waals surface area contributed by atoms with Gasteiger partial charge in [-0.3, -0.25) is 52.7 Å². The maximum Gasteiger partial charge on any atom is 0.317 e. The molecule has 1 fully saturated rings. The van der Waals surface area contributed by atoms with Crippen LogP contribution in [-0.2, 0) is 61.5 Å². The van der Waals surface area contributed by atoms with Gasteiger partial charge in [0.05, 0.1) is 43.1 Å². The number of allylic oxidation sites excluding steroid dienone is 7. The van der Waals surface area contributed by atoms with Gasteiger partial charge in [-0.25, -0.2) is 0 Å². The minimum Gasteiger partial charge on any atom is -0.480 e. The number of anilines is 1. The van der Waals surface area contributed by atoms with Gasteiger partial charge in [0.1, 0.15) is 18.1 Å². The summed E-state index contributed by atoms with van der Waals surface area (Å²) < 4.78 is 76.2. The van der Waals surface area contributed by atoms with Crippen LogP contribution in [0.4, 0.5) is 11.4 Å². The van der Waals surface area contributed by atoms with Crippen LogP contribution in [0, 0.1) is 39.9 Å². The number of nitrogens with one attached hydrogen (secondary N) is 2. The molecule has 4 aliphatic rings. The standard InChI is InChI=1S/C83H114N10O15S2.Gd/c1-82(2)72(92(46-13-15-56-109(102,103)104)70-35-29-63-20-7-9-24-68(63)79(70)82)37-31-65-22-17-23-66(32-38-73-83(3,4)80-69-25-10-8-21-64(69)30-36-71(80)93(73)47-14-16-57-110(105,106)107)81(65)108-67-33-26-62(27-34-67)28-39-74(94)84-40-18-44-86(5)42-11-12-43-87(6)45-19-41-85-75(95)58-88-48-50-89(59-76(96)97)52-54-91(61-78(100)101)55-53-90(51-49-88)60-77(98)99;/h7-10,20-21,24-27,29-38H,11-19,22-23,28,39-61H2,1-6H3,(H6-,84,85,94,95,96,97,98,99,100,101,102,103,104,105,106,107);/p+1. The van der Waals surface area contributed by atoms with E-state index >= 15 is 0 Å². The maximum atomic E-state index is 13.3. The number of aryl methyl sites for hydroxylation is 1. The van der Waals surface area contributed by atoms with Crippen LogP contribution in [0.2, 0.25) is 0 Å². The summed E-state index contributed by atoms with van der Waals surface area (Å²) in [5.41, 5.74) is 8.67. The third-order valence-electron chi connectivity index (χ3n) is 21.5. The van der Waals surface area contributed by atoms with Gasteiger partial charge in [0.25, 0.3) is 20.2 Å². The number of carboxylic acids is 3. The number of nitrogens with zero attached hydrogens (tertiary/aromatic N) is 8. The number of carboxylic acid groups (broad SMARTS) is 3. The second-order valence-electron chi connectivity index (χ2n) is 30.8. The van der Waals surface area contributed by atoms with Crippen molar-refractivity contribution < 1.29 is 114 Å². The van der Waals surface area contributed by atoms with Gasteiger partial charge in [0, 0.05) is 159 Å². The van der Waals surface area contributed by atoms with Crippen LogP contribution in [0.1, 0.15) is 121 Å². The molecule has 0 aromatic heterocycles. The van der Waals surface area contributed by atoms with E-state index < -0.39 is 49.0 Å². The van der Waals surface area contributed by atoms with Crippen molar-refractivity contribution in [2.75, 3.05) is 161 Å². The molecule has 0 radical (unpaired) electrons. The smallest absolute Gasteiger partial charge is 0.317 e. The maximum absolute atomic E-state index is 13.3. The van der Waals surface area contributed by atoms with Crippen LogP contribution >= 0.6 is 0 Å². The molecule has 5 aromatic carbocycles. The zero-order valence-electron chi connectivity index (χ0n) is 65.4. The van der Waals surface area contributed by atoms with Crippen molar-refractivity contribution in [1.82, 2.24) is 40.0 Å². The van der Waals surface area contributed by atoms with E-state index in [2.05, 4.69) is 157 Å². The van der Waals surface area contributed by atoms with Crippen LogP contribution < -0.4 is 20.3 Å². The normalized spacial score (nSPS) is 17.7. The Morgan fingerprint density at radius 3 is 1.59 bits per heavy atom. The number of benzene rings is 5. The molecule has 1 saturated heterocycles. The summed E-state index contributed by atoms with van der Waals surface area (Å²) in [5.74, 6) is -2.49. The molecule has 25 nitrogen and oxygen atoms in total. The average molecular weight is 1710 g/mol. The van der Waals surface area contributed by atoms with Gasteiger partial charge >= 0.3 is 17.9 Å². The minimum atomic E-state index is -4.13. The summed E-state index contributed by atoms with van der Waals surface area (Å²) in [4.78, 5) is 75.3. The van der Waals surface area contributed by atoms with Gasteiger partial charge in [-0.05, 0) is 205 Å². The Kier molecular flexibility index (Phi) is 34.3. The molecule has 28 heteroatoms. The number of carbonyl (C=O) groups excluding carboxylic acids is 2. The zero-order chi connectivity index (χ0) is 79.2. The molecule has 0 saturated carbocycles. The molecule has 0 unspecified atom stereocenters. The Balaban J connectivity index is 0.0000155. The predicted octanol–water partition coefficient (Wildman–Crippen LogP) is 9.45. The van der Waals surface area contributed by atoms with E-state index in [0.717, 1.165) is 138 Å². The summed E-state index contributed by atoms with van der Waals surface area (Å²) in [6.45, 7) is 16.5. The first-order valence-corrected chi connectivity index (χ1v) is 42.1. The molecule has 0 spiro atoms. The fraction of sp³-hybridized carbons (Fsp3) is 0.518. The quantitative estimate of drug-likeness (QED) is 0.0109. The van der Waals surface area contributed by atoms with E-state index in [1.54, 1.807) is 14.7 Å². The van der Waals surface area contributed by atoms with Crippen LogP contribution in [0.3, 0.4) is 0 Å². The van der Waals surface area contributed by atoms with E-state index in [9.17, 15) is 65.2 Å². The monoisotopic (exact) mass is 1710 g/mol. The van der Waals surface area contributed by atoms with Crippen molar-refractivity contribution in [3.63, 3.8) is 0 Å². The van der Waals surface area contributed by atoms with E-state index in [-0.39, 0.29) is 89.4 Å². The average Bonchev–Trinajstić information content (AvgIpc) is 1.58. The minimum absolute atomic E-state index is 0. The first-order chi connectivity index (χ1) is 52.4. The molecule has 111 heavy (non-hydrogen) atoms. The first kappa shape index (κ1) is 89.7. The number of fused-ring (bicyclic) bond motifs is 6. The number of carbonyl (C=O) groups is 5. The first-order valence-electron chi connectivity index (χ1n) is 38.8. The van der Waals surface area contributed by atoms with Crippen LogP contribution in [0.25, 0.3) is 21.5 Å². The molecule has 5 aromatic rings. The molecule has 0 atom stereocenters. The summed E-state index contributed by atoms with van der Waals surface area (Å²) in [6.07, 6.45) is 17.1. The molecular weight excluding hydrogens is 1600 g/mol. The van der Waals surface area contributed by atoms with Crippen molar-refractivity contribution in [2.24, 2.45) is 0 Å². The zero-order valence-corrected chi connectivity index (χ0v) is 69.3. The second-order valence-corrected chi connectivity index (χ2v) is 34.0. The van der Waals surface area contributed by atoms with Gasteiger partial charge in [0.15, 0.2) is 5.71 Å². The SMILES string of the molecule is CN(CCCCN(C)CCCNC(=O)CN1CCN(CC(=O)O)CCN(CC(=O)O)CCN(CC(=O)O)CC1)CCCNC(=O)CCc1ccc(OC2=C(/C=C/C3=[N+](CCCCS(=O)(=O)O)c4ccc5ccccc5c4C3(C)C)CCC/C2=C\C=C2\N(CCCCS(=O)(=O)O)c3ccc4ccccc4c3C2(C)C)cc1.[Gd]. The molecule has 3 aliphatic heterocycles. The van der Waals surface area contributed by atoms with Crippen LogP contribution in [0.5, 0.6) is 5.75 Å². The number of unbranched alkanes of at least 4 members (excludes halogenated alkanes) is 3. The van der Waals surface area contributed by atoms with Gasteiger partial charge < -0.3 is 45.4 Å². The van der Waals surface area contributed by atoms with E-state index in [4.69, 9.17) is 4.74 Å². The van der Waals surface area contributed by atoms with Gasteiger partial charge in [-0.15, -0.1) is 0 Å². The Morgan fingerprint density at radius 1 is 0.550 bits per heavy atom. The topological polar surface area (TPSA) is 314 Å². The number of hydrogen-bond acceptors (Lipinski definition) is 17. The van der Waals surface area contributed by atoms with Crippen molar-refractivity contribution in [1.29, 1.82) is 0 Å². The molecule has 9 rings (SSSR count). The second kappa shape index (κ2) is 42.5. The summed E-state index contributed by atoms with van der Waals surface area (Å²) in [5, 5.41) is 39.3. The van der Waals surface area contributed by atoms with Crippen LogP contribution in [-0.4, -0.2) is 267 Å². The van der Waals surface area contributed by atoms with Crippen molar-refractivity contribution >= 4 is 88.6 Å². The van der Waals surface area contributed by atoms with E-state index in [1.807, 2.05) is 41.3 Å². The molecule has 0 bridgehead atoms. The Morgan fingerprint density at radius 2 is 1.05 bits per heavy atom. The van der Waals surface area contributed by atoms with E-state index in [0.29, 0.717) is 123 Å². The van der Waals surface area contributed by atoms with E-state index in [1.165, 1.54) is 11.1 Å². The molecule has 1 aliphatic carbocycles. The fourth-order valence-corrected chi connectivity index (χ4v) is 16.9. The summed E-state index contributed by atoms with van der Waals surface area (Å²) in [7, 11) is -4.11. The number of aliphatic carboxylic acids is 3. The fourth-order valence-electron chi connectivity index (χ4n) is 15.7. The Labute approximate surface area is 687 Å². The number of amides is 2. The number of hydrogen-bond donors (Lipinski definition) is 7. The number of ether oxygens (including phenoxy) is 1. The van der Waals surface area contributed by atoms with Crippen molar-refractivity contribution in [3.8, 4) is 5.75 Å². The van der Waals surface area contributed by atoms with Crippen molar-refractivity contribution in [2.45, 2.75) is 122 Å². The van der Waals surface area contributed by atoms with Gasteiger partial charge in [-0.1, -0.05) is 86.7 Å². The van der Waals surface area contributed by atoms with Crippen LogP contribution in [0.15, 0.2) is 144 Å². The van der Waals surface area contributed by atoms with Crippen molar-refractivity contribution in [3.05, 3.63) is 161 Å². The third kappa shape index (κ3) is 27.1. The number of rotatable bonds is 39.